The zero-order valence-corrected chi connectivity index (χ0v) is 12.4. The number of aliphatic hydroxyl groups excluding tert-OH is 1. The number of hydrogen-bond acceptors (Lipinski definition) is 6. The number of nitrogens with zero attached hydrogens (tertiary/aromatic N) is 1. The van der Waals surface area contributed by atoms with Crippen LogP contribution in [-0.2, 0) is 4.74 Å². The molecule has 2 aromatic rings. The minimum atomic E-state index is -0.791. The number of carbonyl (C=O) groups excluding carboxylic acids is 1. The van der Waals surface area contributed by atoms with Gasteiger partial charge in [0.25, 0.3) is 5.69 Å². The van der Waals surface area contributed by atoms with Crippen molar-refractivity contribution in [2.75, 3.05) is 19.0 Å². The van der Waals surface area contributed by atoms with Crippen LogP contribution in [0.25, 0.3) is 0 Å². The predicted molar refractivity (Wildman–Crippen MR) is 84.3 cm³/mol. The highest BCUT2D eigenvalue weighted by molar-refractivity contribution is 5.95. The van der Waals surface area contributed by atoms with Crippen LogP contribution in [0.1, 0.15) is 22.0 Å². The number of ether oxygens (including phenoxy) is 1. The van der Waals surface area contributed by atoms with Gasteiger partial charge in [0.2, 0.25) is 0 Å². The van der Waals surface area contributed by atoms with Crippen LogP contribution in [0.15, 0.2) is 48.5 Å². The Morgan fingerprint density at radius 2 is 2.00 bits per heavy atom. The topological polar surface area (TPSA) is 102 Å². The molecule has 0 aliphatic rings. The molecule has 2 rings (SSSR count). The van der Waals surface area contributed by atoms with Crippen LogP contribution in [0.3, 0.4) is 0 Å². The summed E-state index contributed by atoms with van der Waals surface area (Å²) in [6, 6.07) is 12.9. The molecule has 0 aromatic heterocycles. The minimum Gasteiger partial charge on any atom is -0.465 e. The Bertz CT molecular complexity index is 703. The largest absolute Gasteiger partial charge is 0.465 e. The Kier molecular flexibility index (Phi) is 5.27. The van der Waals surface area contributed by atoms with Gasteiger partial charge in [0.05, 0.1) is 24.7 Å². The van der Waals surface area contributed by atoms with Gasteiger partial charge in [-0.05, 0) is 17.7 Å². The monoisotopic (exact) mass is 316 g/mol. The number of nitro groups is 1. The first-order chi connectivity index (χ1) is 11.1. The van der Waals surface area contributed by atoms with Crippen molar-refractivity contribution in [3.05, 3.63) is 69.8 Å². The van der Waals surface area contributed by atoms with Gasteiger partial charge in [0.1, 0.15) is 5.56 Å². The molecule has 2 N–H and O–H groups in total. The third-order valence-electron chi connectivity index (χ3n) is 3.32. The third kappa shape index (κ3) is 3.83. The van der Waals surface area contributed by atoms with E-state index in [1.807, 2.05) is 30.3 Å². The van der Waals surface area contributed by atoms with Crippen LogP contribution >= 0.6 is 0 Å². The number of nitro benzene ring substituents is 1. The highest BCUT2D eigenvalue weighted by atomic mass is 16.6. The van der Waals surface area contributed by atoms with Crippen LogP contribution in [0.2, 0.25) is 0 Å². The second-order valence-corrected chi connectivity index (χ2v) is 4.77. The lowest BCUT2D eigenvalue weighted by molar-refractivity contribution is -0.385. The molecule has 0 aliphatic carbocycles. The van der Waals surface area contributed by atoms with Crippen LogP contribution < -0.4 is 5.32 Å². The van der Waals surface area contributed by atoms with Gasteiger partial charge < -0.3 is 15.2 Å². The summed E-state index contributed by atoms with van der Waals surface area (Å²) in [5.41, 5.74) is 0.849. The van der Waals surface area contributed by atoms with Crippen molar-refractivity contribution in [2.45, 2.75) is 6.04 Å². The molecule has 23 heavy (non-hydrogen) atoms. The Hall–Kier alpha value is -2.93. The SMILES string of the molecule is COC(=O)c1cc(NC(CO)c2ccccc2)ccc1[N+](=O)[O-]. The molecule has 7 nitrogen and oxygen atoms in total. The highest BCUT2D eigenvalue weighted by Crippen LogP contribution is 2.26. The summed E-state index contributed by atoms with van der Waals surface area (Å²) < 4.78 is 4.58. The van der Waals surface area contributed by atoms with E-state index >= 15 is 0 Å². The molecule has 0 aliphatic heterocycles. The van der Waals surface area contributed by atoms with Crippen molar-refractivity contribution < 1.29 is 19.6 Å². The Morgan fingerprint density at radius 1 is 1.30 bits per heavy atom. The van der Waals surface area contributed by atoms with Crippen molar-refractivity contribution >= 4 is 17.3 Å². The Labute approximate surface area is 132 Å². The van der Waals surface area contributed by atoms with Gasteiger partial charge in [-0.15, -0.1) is 0 Å². The summed E-state index contributed by atoms with van der Waals surface area (Å²) in [6.45, 7) is -0.172. The predicted octanol–water partition coefficient (Wildman–Crippen LogP) is 2.53. The van der Waals surface area contributed by atoms with Gasteiger partial charge in [-0.3, -0.25) is 10.1 Å². The lowest BCUT2D eigenvalue weighted by atomic mass is 10.1. The lowest BCUT2D eigenvalue weighted by Crippen LogP contribution is -2.15. The van der Waals surface area contributed by atoms with Gasteiger partial charge in [0, 0.05) is 11.8 Å². The van der Waals surface area contributed by atoms with Crippen molar-refractivity contribution in [1.82, 2.24) is 0 Å². The number of carbonyl (C=O) groups is 1. The molecular formula is C16H16N2O5. The van der Waals surface area contributed by atoms with E-state index in [2.05, 4.69) is 10.1 Å². The molecule has 0 heterocycles. The summed E-state index contributed by atoms with van der Waals surface area (Å²) in [5.74, 6) is -0.791. The molecule has 7 heteroatoms. The fourth-order valence-corrected chi connectivity index (χ4v) is 2.18. The Balaban J connectivity index is 2.33. The van der Waals surface area contributed by atoms with E-state index < -0.39 is 16.9 Å². The van der Waals surface area contributed by atoms with Crippen LogP contribution in [-0.4, -0.2) is 29.7 Å². The molecular weight excluding hydrogens is 300 g/mol. The number of rotatable bonds is 6. The van der Waals surface area contributed by atoms with E-state index in [1.165, 1.54) is 18.2 Å². The molecule has 0 bridgehead atoms. The second kappa shape index (κ2) is 7.37. The first-order valence-corrected chi connectivity index (χ1v) is 6.86. The van der Waals surface area contributed by atoms with Gasteiger partial charge in [-0.1, -0.05) is 30.3 Å². The summed E-state index contributed by atoms with van der Waals surface area (Å²) >= 11 is 0. The van der Waals surface area contributed by atoms with Gasteiger partial charge in [0.15, 0.2) is 0 Å². The van der Waals surface area contributed by atoms with E-state index in [1.54, 1.807) is 0 Å². The quantitative estimate of drug-likeness (QED) is 0.482. The molecule has 0 fully saturated rings. The molecule has 1 unspecified atom stereocenters. The Morgan fingerprint density at radius 3 is 2.57 bits per heavy atom. The number of hydrogen-bond donors (Lipinski definition) is 2. The maximum atomic E-state index is 11.7. The summed E-state index contributed by atoms with van der Waals surface area (Å²) in [6.07, 6.45) is 0. The van der Waals surface area contributed by atoms with E-state index in [-0.39, 0.29) is 17.9 Å². The zero-order valence-electron chi connectivity index (χ0n) is 12.4. The van der Waals surface area contributed by atoms with Crippen LogP contribution in [0.4, 0.5) is 11.4 Å². The molecule has 0 amide bonds. The second-order valence-electron chi connectivity index (χ2n) is 4.77. The molecule has 0 saturated carbocycles. The normalized spacial score (nSPS) is 11.6. The van der Waals surface area contributed by atoms with Crippen molar-refractivity contribution in [1.29, 1.82) is 0 Å². The number of nitrogens with one attached hydrogen (secondary N) is 1. The van der Waals surface area contributed by atoms with Crippen molar-refractivity contribution in [3.8, 4) is 0 Å². The molecule has 2 aromatic carbocycles. The highest BCUT2D eigenvalue weighted by Gasteiger charge is 2.22. The van der Waals surface area contributed by atoms with Gasteiger partial charge >= 0.3 is 5.97 Å². The number of aliphatic hydroxyl groups is 1. The fraction of sp³-hybridized carbons (Fsp3) is 0.188. The van der Waals surface area contributed by atoms with Crippen molar-refractivity contribution in [2.24, 2.45) is 0 Å². The molecule has 0 radical (unpaired) electrons. The number of benzene rings is 2. The van der Waals surface area contributed by atoms with Crippen LogP contribution in [0.5, 0.6) is 0 Å². The maximum absolute atomic E-state index is 11.7. The lowest BCUT2D eigenvalue weighted by Gasteiger charge is -2.18. The molecule has 0 saturated heterocycles. The average Bonchev–Trinajstić information content (AvgIpc) is 2.59. The van der Waals surface area contributed by atoms with E-state index in [9.17, 15) is 20.0 Å². The number of anilines is 1. The average molecular weight is 316 g/mol. The van der Waals surface area contributed by atoms with Crippen LogP contribution in [0, 0.1) is 10.1 Å². The molecule has 0 spiro atoms. The fourth-order valence-electron chi connectivity index (χ4n) is 2.18. The molecule has 1 atom stereocenters. The standard InChI is InChI=1S/C16H16N2O5/c1-23-16(20)13-9-12(7-8-15(13)18(21)22)17-14(10-19)11-5-3-2-4-6-11/h2-9,14,17,19H,10H2,1H3. The summed E-state index contributed by atoms with van der Waals surface area (Å²) in [4.78, 5) is 22.1. The number of methoxy groups -OCH3 is 1. The number of esters is 1. The first-order valence-electron chi connectivity index (χ1n) is 6.86. The maximum Gasteiger partial charge on any atom is 0.344 e. The van der Waals surface area contributed by atoms with E-state index in [0.29, 0.717) is 5.69 Å². The minimum absolute atomic E-state index is 0.146. The van der Waals surface area contributed by atoms with Crippen molar-refractivity contribution in [3.63, 3.8) is 0 Å². The van der Waals surface area contributed by atoms with E-state index in [0.717, 1.165) is 12.7 Å². The van der Waals surface area contributed by atoms with Gasteiger partial charge in [-0.2, -0.15) is 0 Å². The third-order valence-corrected chi connectivity index (χ3v) is 3.32. The first kappa shape index (κ1) is 16.4. The smallest absolute Gasteiger partial charge is 0.344 e. The summed E-state index contributed by atoms with van der Waals surface area (Å²) in [7, 11) is 1.16. The summed E-state index contributed by atoms with van der Waals surface area (Å²) in [5, 5.41) is 23.6. The van der Waals surface area contributed by atoms with E-state index in [4.69, 9.17) is 0 Å². The molecule has 120 valence electrons. The zero-order chi connectivity index (χ0) is 16.8. The van der Waals surface area contributed by atoms with Gasteiger partial charge in [-0.25, -0.2) is 4.79 Å².